The van der Waals surface area contributed by atoms with E-state index in [2.05, 4.69) is 39.7 Å². The first-order valence-corrected chi connectivity index (χ1v) is 9.65. The van der Waals surface area contributed by atoms with Gasteiger partial charge in [-0.1, -0.05) is 60.5 Å². The fraction of sp³-hybridized carbons (Fsp3) is 0.333. The van der Waals surface area contributed by atoms with Gasteiger partial charge in [-0.25, -0.2) is 9.36 Å². The third-order valence-electron chi connectivity index (χ3n) is 4.81. The molecule has 7 heteroatoms. The van der Waals surface area contributed by atoms with E-state index >= 15 is 0 Å². The molecule has 0 unspecified atom stereocenters. The van der Waals surface area contributed by atoms with Crippen molar-refractivity contribution in [3.8, 4) is 11.4 Å². The molecule has 0 aliphatic rings. The van der Waals surface area contributed by atoms with Crippen molar-refractivity contribution in [3.63, 3.8) is 0 Å². The number of rotatable bonds is 8. The van der Waals surface area contributed by atoms with Gasteiger partial charge in [0.05, 0.1) is 36.7 Å². The fourth-order valence-corrected chi connectivity index (χ4v) is 3.28. The van der Waals surface area contributed by atoms with Crippen LogP contribution in [0.5, 0.6) is 5.75 Å². The molecule has 0 fully saturated rings. The molecule has 7 nitrogen and oxygen atoms in total. The zero-order valence-corrected chi connectivity index (χ0v) is 16.2. The smallest absolute Gasteiger partial charge is 0.155 e. The number of aromatic nitrogens is 6. The normalized spacial score (nSPS) is 11.2. The molecule has 0 spiro atoms. The van der Waals surface area contributed by atoms with E-state index in [9.17, 15) is 0 Å². The Morgan fingerprint density at radius 3 is 2.64 bits per heavy atom. The van der Waals surface area contributed by atoms with Crippen molar-refractivity contribution in [2.24, 2.45) is 0 Å². The highest BCUT2D eigenvalue weighted by Gasteiger charge is 2.14. The zero-order valence-electron chi connectivity index (χ0n) is 16.2. The second-order valence-electron chi connectivity index (χ2n) is 6.86. The van der Waals surface area contributed by atoms with Gasteiger partial charge in [-0.05, 0) is 24.5 Å². The van der Waals surface area contributed by atoms with Gasteiger partial charge in [0, 0.05) is 6.07 Å². The lowest BCUT2D eigenvalue weighted by atomic mass is 10.2. The summed E-state index contributed by atoms with van der Waals surface area (Å²) in [5.41, 5.74) is 4.70. The minimum Gasteiger partial charge on any atom is -0.494 e. The first-order valence-electron chi connectivity index (χ1n) is 9.65. The van der Waals surface area contributed by atoms with E-state index in [4.69, 9.17) is 4.74 Å². The van der Waals surface area contributed by atoms with Crippen molar-refractivity contribution in [2.75, 3.05) is 7.11 Å². The number of aryl methyl sites for hydroxylation is 1. The third-order valence-corrected chi connectivity index (χ3v) is 4.81. The number of ether oxygens (including phenoxy) is 1. The van der Waals surface area contributed by atoms with Crippen molar-refractivity contribution < 1.29 is 4.74 Å². The van der Waals surface area contributed by atoms with Gasteiger partial charge in [0.2, 0.25) is 0 Å². The Balaban J connectivity index is 1.68. The Kier molecular flexibility index (Phi) is 5.32. The molecule has 0 amide bonds. The molecule has 144 valence electrons. The van der Waals surface area contributed by atoms with E-state index in [1.54, 1.807) is 11.8 Å². The third kappa shape index (κ3) is 3.74. The highest BCUT2D eigenvalue weighted by atomic mass is 16.5. The van der Waals surface area contributed by atoms with Gasteiger partial charge >= 0.3 is 0 Å². The monoisotopic (exact) mass is 376 g/mol. The summed E-state index contributed by atoms with van der Waals surface area (Å²) in [5, 5.41) is 17.3. The van der Waals surface area contributed by atoms with E-state index in [1.165, 1.54) is 12.8 Å². The second-order valence-corrected chi connectivity index (χ2v) is 6.86. The predicted octanol–water partition coefficient (Wildman–Crippen LogP) is 3.80. The summed E-state index contributed by atoms with van der Waals surface area (Å²) in [7, 11) is 1.65. The highest BCUT2D eigenvalue weighted by Crippen LogP contribution is 2.27. The van der Waals surface area contributed by atoms with Crippen molar-refractivity contribution in [1.29, 1.82) is 0 Å². The van der Waals surface area contributed by atoms with Crippen LogP contribution >= 0.6 is 0 Å². The van der Waals surface area contributed by atoms with Gasteiger partial charge in [-0.3, -0.25) is 0 Å². The molecule has 2 heterocycles. The molecule has 0 aliphatic carbocycles. The van der Waals surface area contributed by atoms with Gasteiger partial charge in [0.15, 0.2) is 11.3 Å². The summed E-state index contributed by atoms with van der Waals surface area (Å²) in [6.07, 6.45) is 6.46. The number of nitrogens with zero attached hydrogens (tertiary/aromatic N) is 6. The number of unbranched alkanes of at least 4 members (excludes halogenated alkanes) is 2. The Morgan fingerprint density at radius 1 is 1.00 bits per heavy atom. The summed E-state index contributed by atoms with van der Waals surface area (Å²) in [5.74, 6) is 0.676. The van der Waals surface area contributed by atoms with Crippen LogP contribution in [0.4, 0.5) is 0 Å². The van der Waals surface area contributed by atoms with Crippen molar-refractivity contribution in [3.05, 3.63) is 59.9 Å². The maximum atomic E-state index is 5.56. The zero-order chi connectivity index (χ0) is 19.3. The van der Waals surface area contributed by atoms with Crippen molar-refractivity contribution in [2.45, 2.75) is 39.2 Å². The molecule has 2 aromatic heterocycles. The standard InChI is InChI=1S/C21H24N6O/c1-3-4-6-11-17-15-26(24-22-17)18-12-19-21(20(13-18)28-2)23-25-27(19)14-16-9-7-5-8-10-16/h5,7-10,12-13,15H,3-4,6,11,14H2,1-2H3. The average Bonchev–Trinajstić information content (AvgIpc) is 3.36. The molecule has 0 atom stereocenters. The Hall–Kier alpha value is -3.22. The van der Waals surface area contributed by atoms with E-state index in [0.29, 0.717) is 12.3 Å². The summed E-state index contributed by atoms with van der Waals surface area (Å²) in [6, 6.07) is 14.2. The van der Waals surface area contributed by atoms with Crippen molar-refractivity contribution >= 4 is 11.0 Å². The van der Waals surface area contributed by atoms with Crippen LogP contribution in [0.1, 0.15) is 37.4 Å². The number of hydrogen-bond donors (Lipinski definition) is 0. The summed E-state index contributed by atoms with van der Waals surface area (Å²) in [6.45, 7) is 2.84. The summed E-state index contributed by atoms with van der Waals surface area (Å²) in [4.78, 5) is 0. The van der Waals surface area contributed by atoms with Crippen LogP contribution in [0.15, 0.2) is 48.7 Å². The Labute approximate surface area is 163 Å². The van der Waals surface area contributed by atoms with Crippen LogP contribution in [0.3, 0.4) is 0 Å². The minimum atomic E-state index is 0.642. The first-order chi connectivity index (χ1) is 13.8. The molecule has 0 aliphatic heterocycles. The van der Waals surface area contributed by atoms with Crippen LogP contribution in [0.2, 0.25) is 0 Å². The van der Waals surface area contributed by atoms with Crippen LogP contribution < -0.4 is 4.74 Å². The van der Waals surface area contributed by atoms with Gasteiger partial charge in [-0.2, -0.15) is 0 Å². The number of benzene rings is 2. The Morgan fingerprint density at radius 2 is 1.86 bits per heavy atom. The summed E-state index contributed by atoms with van der Waals surface area (Å²) >= 11 is 0. The quantitative estimate of drug-likeness (QED) is 0.438. The second kappa shape index (κ2) is 8.21. The molecule has 0 saturated heterocycles. The Bertz CT molecular complexity index is 1050. The topological polar surface area (TPSA) is 70.7 Å². The van der Waals surface area contributed by atoms with E-state index in [-0.39, 0.29) is 0 Å². The highest BCUT2D eigenvalue weighted by molar-refractivity contribution is 5.83. The first kappa shape index (κ1) is 18.2. The lowest BCUT2D eigenvalue weighted by Gasteiger charge is -2.07. The minimum absolute atomic E-state index is 0.642. The molecular formula is C21H24N6O. The van der Waals surface area contributed by atoms with Crippen LogP contribution in [0, 0.1) is 0 Å². The molecule has 0 saturated carbocycles. The van der Waals surface area contributed by atoms with E-state index in [1.807, 2.05) is 41.2 Å². The molecule has 2 aromatic carbocycles. The van der Waals surface area contributed by atoms with Crippen LogP contribution in [-0.4, -0.2) is 37.1 Å². The maximum absolute atomic E-state index is 5.56. The lowest BCUT2D eigenvalue weighted by Crippen LogP contribution is -2.03. The molecular weight excluding hydrogens is 352 g/mol. The molecule has 28 heavy (non-hydrogen) atoms. The van der Waals surface area contributed by atoms with Crippen molar-refractivity contribution in [1.82, 2.24) is 30.0 Å². The molecule has 4 aromatic rings. The van der Waals surface area contributed by atoms with Gasteiger partial charge in [0.25, 0.3) is 0 Å². The average molecular weight is 376 g/mol. The number of hydrogen-bond acceptors (Lipinski definition) is 5. The van der Waals surface area contributed by atoms with Gasteiger partial charge < -0.3 is 4.74 Å². The van der Waals surface area contributed by atoms with Gasteiger partial charge in [0.1, 0.15) is 0 Å². The summed E-state index contributed by atoms with van der Waals surface area (Å²) < 4.78 is 9.24. The largest absolute Gasteiger partial charge is 0.494 e. The number of fused-ring (bicyclic) bond motifs is 1. The molecule has 0 radical (unpaired) electrons. The predicted molar refractivity (Wildman–Crippen MR) is 108 cm³/mol. The van der Waals surface area contributed by atoms with Crippen LogP contribution in [-0.2, 0) is 13.0 Å². The van der Waals surface area contributed by atoms with Crippen LogP contribution in [0.25, 0.3) is 16.7 Å². The molecule has 0 bridgehead atoms. The molecule has 0 N–H and O–H groups in total. The maximum Gasteiger partial charge on any atom is 0.155 e. The van der Waals surface area contributed by atoms with E-state index in [0.717, 1.165) is 40.8 Å². The lowest BCUT2D eigenvalue weighted by molar-refractivity contribution is 0.418. The SMILES string of the molecule is CCCCCc1cn(-c2cc(OC)c3nnn(Cc4ccccc4)c3c2)nn1. The number of methoxy groups -OCH3 is 1. The van der Waals surface area contributed by atoms with E-state index < -0.39 is 0 Å². The molecule has 4 rings (SSSR count). The fourth-order valence-electron chi connectivity index (χ4n) is 3.28. The van der Waals surface area contributed by atoms with Gasteiger partial charge in [-0.15, -0.1) is 10.2 Å².